The van der Waals surface area contributed by atoms with Crippen LogP contribution in [-0.4, -0.2) is 24.5 Å². The van der Waals surface area contributed by atoms with Crippen molar-refractivity contribution in [2.24, 2.45) is 11.8 Å². The van der Waals surface area contributed by atoms with Crippen LogP contribution in [0.1, 0.15) is 58.8 Å². The molecule has 0 bridgehead atoms. The maximum Gasteiger partial charge on any atom is 0.237 e. The molecule has 2 N–H and O–H groups in total. The van der Waals surface area contributed by atoms with Crippen LogP contribution in [0.2, 0.25) is 0 Å². The zero-order valence-corrected chi connectivity index (χ0v) is 11.9. The molecule has 1 amide bonds. The summed E-state index contributed by atoms with van der Waals surface area (Å²) in [7, 11) is 0. The molecule has 1 saturated heterocycles. The molecule has 1 heterocycles. The highest BCUT2D eigenvalue weighted by atomic mass is 16.2. The number of nitrogens with one attached hydrogen (secondary N) is 2. The fourth-order valence-electron chi connectivity index (χ4n) is 3.48. The summed E-state index contributed by atoms with van der Waals surface area (Å²) >= 11 is 0. The van der Waals surface area contributed by atoms with Crippen molar-refractivity contribution in [3.8, 4) is 0 Å². The predicted octanol–water partition coefficient (Wildman–Crippen LogP) is 2.46. The molecule has 2 rings (SSSR count). The van der Waals surface area contributed by atoms with E-state index in [1.165, 1.54) is 38.5 Å². The number of hydrogen-bond donors (Lipinski definition) is 2. The minimum absolute atomic E-state index is 0.0540. The predicted molar refractivity (Wildman–Crippen MR) is 74.4 cm³/mol. The van der Waals surface area contributed by atoms with Gasteiger partial charge in [-0.2, -0.15) is 0 Å². The molecule has 0 aromatic heterocycles. The van der Waals surface area contributed by atoms with Crippen molar-refractivity contribution in [1.29, 1.82) is 0 Å². The van der Waals surface area contributed by atoms with Gasteiger partial charge >= 0.3 is 0 Å². The van der Waals surface area contributed by atoms with E-state index < -0.39 is 0 Å². The van der Waals surface area contributed by atoms with Crippen LogP contribution in [0, 0.1) is 11.8 Å². The normalized spacial score (nSPS) is 36.6. The second kappa shape index (κ2) is 6.55. The van der Waals surface area contributed by atoms with Gasteiger partial charge in [-0.15, -0.1) is 0 Å². The average Bonchev–Trinajstić information content (AvgIpc) is 2.78. The quantitative estimate of drug-likeness (QED) is 0.807. The third-order valence-corrected chi connectivity index (χ3v) is 4.71. The van der Waals surface area contributed by atoms with E-state index in [4.69, 9.17) is 0 Å². The van der Waals surface area contributed by atoms with E-state index in [0.29, 0.717) is 12.0 Å². The van der Waals surface area contributed by atoms with Gasteiger partial charge in [0.1, 0.15) is 0 Å². The molecule has 3 heteroatoms. The van der Waals surface area contributed by atoms with E-state index in [0.717, 1.165) is 18.9 Å². The van der Waals surface area contributed by atoms with Crippen LogP contribution in [0.4, 0.5) is 0 Å². The summed E-state index contributed by atoms with van der Waals surface area (Å²) in [5, 5.41) is 6.57. The maximum atomic E-state index is 12.2. The summed E-state index contributed by atoms with van der Waals surface area (Å²) in [5.41, 5.74) is 0. The van der Waals surface area contributed by atoms with Gasteiger partial charge in [0.25, 0.3) is 0 Å². The first-order valence-corrected chi connectivity index (χ1v) is 7.74. The topological polar surface area (TPSA) is 41.1 Å². The van der Waals surface area contributed by atoms with Crippen molar-refractivity contribution >= 4 is 5.91 Å². The van der Waals surface area contributed by atoms with Gasteiger partial charge in [-0.3, -0.25) is 4.79 Å². The molecule has 1 aliphatic heterocycles. The summed E-state index contributed by atoms with van der Waals surface area (Å²) in [4.78, 5) is 12.2. The van der Waals surface area contributed by atoms with E-state index in [1.54, 1.807) is 0 Å². The molecule has 1 aliphatic carbocycles. The Morgan fingerprint density at radius 2 is 1.94 bits per heavy atom. The highest BCUT2D eigenvalue weighted by molar-refractivity contribution is 5.82. The molecule has 2 aliphatic rings. The highest BCUT2D eigenvalue weighted by Gasteiger charge is 2.31. The molecule has 2 unspecified atom stereocenters. The molecular weight excluding hydrogens is 224 g/mol. The average molecular weight is 252 g/mol. The van der Waals surface area contributed by atoms with Gasteiger partial charge in [-0.05, 0) is 50.5 Å². The zero-order valence-electron chi connectivity index (χ0n) is 11.9. The Bertz CT molecular complexity index is 272. The first-order chi connectivity index (χ1) is 8.70. The first-order valence-electron chi connectivity index (χ1n) is 7.74. The Balaban J connectivity index is 1.72. The Morgan fingerprint density at radius 1 is 1.22 bits per heavy atom. The third-order valence-electron chi connectivity index (χ3n) is 4.71. The van der Waals surface area contributed by atoms with Gasteiger partial charge < -0.3 is 10.6 Å². The lowest BCUT2D eigenvalue weighted by Gasteiger charge is -2.30. The lowest BCUT2D eigenvalue weighted by Crippen LogP contribution is -2.48. The van der Waals surface area contributed by atoms with E-state index >= 15 is 0 Å². The van der Waals surface area contributed by atoms with E-state index in [9.17, 15) is 4.79 Å². The fraction of sp³-hybridized carbons (Fsp3) is 0.933. The molecule has 3 nitrogen and oxygen atoms in total. The summed E-state index contributed by atoms with van der Waals surface area (Å²) in [5.74, 6) is 1.63. The smallest absolute Gasteiger partial charge is 0.237 e. The minimum Gasteiger partial charge on any atom is -0.352 e. The molecule has 0 aromatic rings. The van der Waals surface area contributed by atoms with E-state index in [1.807, 2.05) is 0 Å². The van der Waals surface area contributed by atoms with Crippen molar-refractivity contribution in [3.05, 3.63) is 0 Å². The Morgan fingerprint density at radius 3 is 2.50 bits per heavy atom. The summed E-state index contributed by atoms with van der Waals surface area (Å²) in [6.07, 6.45) is 8.74. The van der Waals surface area contributed by atoms with Gasteiger partial charge in [-0.25, -0.2) is 0 Å². The molecule has 0 spiro atoms. The zero-order chi connectivity index (χ0) is 13.0. The summed E-state index contributed by atoms with van der Waals surface area (Å²) < 4.78 is 0. The number of carbonyl (C=O) groups is 1. The highest BCUT2D eigenvalue weighted by Crippen LogP contribution is 2.28. The molecule has 2 atom stereocenters. The van der Waals surface area contributed by atoms with Crippen molar-refractivity contribution in [1.82, 2.24) is 10.6 Å². The van der Waals surface area contributed by atoms with Crippen LogP contribution in [0.25, 0.3) is 0 Å². The van der Waals surface area contributed by atoms with Crippen LogP contribution in [0.15, 0.2) is 0 Å². The first kappa shape index (κ1) is 13.9. The van der Waals surface area contributed by atoms with Gasteiger partial charge in [0.15, 0.2) is 0 Å². The molecule has 0 aromatic carbocycles. The van der Waals surface area contributed by atoms with Gasteiger partial charge in [0.2, 0.25) is 5.91 Å². The van der Waals surface area contributed by atoms with Crippen LogP contribution in [0.3, 0.4) is 0 Å². The monoisotopic (exact) mass is 252 g/mol. The van der Waals surface area contributed by atoms with Crippen molar-refractivity contribution in [2.45, 2.75) is 70.9 Å². The molecule has 2 fully saturated rings. The van der Waals surface area contributed by atoms with Crippen LogP contribution in [0.5, 0.6) is 0 Å². The minimum atomic E-state index is 0.0540. The molecule has 1 saturated carbocycles. The molecule has 104 valence electrons. The largest absolute Gasteiger partial charge is 0.352 e. The maximum absolute atomic E-state index is 12.2. The van der Waals surface area contributed by atoms with Crippen LogP contribution in [-0.2, 0) is 4.79 Å². The Kier molecular flexibility index (Phi) is 5.04. The van der Waals surface area contributed by atoms with Gasteiger partial charge in [-0.1, -0.05) is 26.7 Å². The van der Waals surface area contributed by atoms with E-state index in [2.05, 4.69) is 24.5 Å². The lowest BCUT2D eigenvalue weighted by molar-refractivity contribution is -0.124. The molecule has 0 radical (unpaired) electrons. The second-order valence-corrected chi connectivity index (χ2v) is 6.21. The molecule has 18 heavy (non-hydrogen) atoms. The van der Waals surface area contributed by atoms with Gasteiger partial charge in [0, 0.05) is 6.04 Å². The van der Waals surface area contributed by atoms with E-state index in [-0.39, 0.29) is 11.9 Å². The van der Waals surface area contributed by atoms with Crippen molar-refractivity contribution in [3.63, 3.8) is 0 Å². The SMILES string of the molecule is CCCC1CCC(NC(=O)C2NCCC2C)CC1. The number of hydrogen-bond acceptors (Lipinski definition) is 2. The lowest BCUT2D eigenvalue weighted by atomic mass is 9.83. The van der Waals surface area contributed by atoms with Crippen molar-refractivity contribution < 1.29 is 4.79 Å². The van der Waals surface area contributed by atoms with Gasteiger partial charge in [0.05, 0.1) is 6.04 Å². The summed E-state index contributed by atoms with van der Waals surface area (Å²) in [6, 6.07) is 0.485. The van der Waals surface area contributed by atoms with Crippen LogP contribution < -0.4 is 10.6 Å². The number of rotatable bonds is 4. The Hall–Kier alpha value is -0.570. The van der Waals surface area contributed by atoms with Crippen molar-refractivity contribution in [2.75, 3.05) is 6.54 Å². The number of amides is 1. The second-order valence-electron chi connectivity index (χ2n) is 6.21. The number of carbonyl (C=O) groups excluding carboxylic acids is 1. The third kappa shape index (κ3) is 3.47. The summed E-state index contributed by atoms with van der Waals surface area (Å²) in [6.45, 7) is 5.42. The fourth-order valence-corrected chi connectivity index (χ4v) is 3.48. The van der Waals surface area contributed by atoms with Crippen LogP contribution >= 0.6 is 0 Å². The molecular formula is C15H28N2O. The Labute approximate surface area is 111 Å². The standard InChI is InChI=1S/C15H28N2O/c1-3-4-12-5-7-13(8-6-12)17-15(18)14-11(2)9-10-16-14/h11-14,16H,3-10H2,1-2H3,(H,17,18).